The molecule has 0 aliphatic carbocycles. The van der Waals surface area contributed by atoms with Crippen LogP contribution in [0.15, 0.2) is 24.3 Å². The zero-order chi connectivity index (χ0) is 13.2. The molecule has 0 radical (unpaired) electrons. The molecule has 4 heteroatoms. The maximum Gasteiger partial charge on any atom is 0.412 e. The third kappa shape index (κ3) is 3.39. The van der Waals surface area contributed by atoms with E-state index < -0.39 is 11.7 Å². The van der Waals surface area contributed by atoms with Crippen LogP contribution in [-0.2, 0) is 4.74 Å². The summed E-state index contributed by atoms with van der Waals surface area (Å²) < 4.78 is 5.19. The highest BCUT2D eigenvalue weighted by atomic mass is 16.6. The molecule has 1 aliphatic rings. The van der Waals surface area contributed by atoms with E-state index in [2.05, 4.69) is 10.2 Å². The Morgan fingerprint density at radius 2 is 1.83 bits per heavy atom. The van der Waals surface area contributed by atoms with Gasteiger partial charge in [-0.3, -0.25) is 5.32 Å². The second kappa shape index (κ2) is 4.88. The van der Waals surface area contributed by atoms with E-state index in [0.29, 0.717) is 0 Å². The summed E-state index contributed by atoms with van der Waals surface area (Å²) >= 11 is 0. The van der Waals surface area contributed by atoms with Crippen molar-refractivity contribution in [1.29, 1.82) is 0 Å². The van der Waals surface area contributed by atoms with Crippen molar-refractivity contribution in [1.82, 2.24) is 0 Å². The molecule has 18 heavy (non-hydrogen) atoms. The molecule has 4 nitrogen and oxygen atoms in total. The van der Waals surface area contributed by atoms with Crippen molar-refractivity contribution in [2.75, 3.05) is 23.3 Å². The molecule has 98 valence electrons. The summed E-state index contributed by atoms with van der Waals surface area (Å²) in [6.07, 6.45) is 0.844. The molecule has 1 amide bonds. The molecule has 1 aromatic rings. The normalized spacial score (nSPS) is 14.9. The lowest BCUT2D eigenvalue weighted by atomic mass is 10.1. The van der Waals surface area contributed by atoms with E-state index in [0.717, 1.165) is 18.8 Å². The maximum absolute atomic E-state index is 11.6. The van der Waals surface area contributed by atoms with Crippen LogP contribution in [0.1, 0.15) is 27.2 Å². The van der Waals surface area contributed by atoms with Gasteiger partial charge in [0, 0.05) is 24.5 Å². The Labute approximate surface area is 108 Å². The maximum atomic E-state index is 11.6. The van der Waals surface area contributed by atoms with Gasteiger partial charge in [0.05, 0.1) is 0 Å². The molecule has 0 spiro atoms. The Morgan fingerprint density at radius 3 is 2.28 bits per heavy atom. The molecule has 0 atom stereocenters. The fourth-order valence-corrected chi connectivity index (χ4v) is 1.75. The molecule has 1 N–H and O–H groups in total. The Hall–Kier alpha value is -1.71. The van der Waals surface area contributed by atoms with Crippen LogP contribution < -0.4 is 10.2 Å². The van der Waals surface area contributed by atoms with Gasteiger partial charge in [-0.25, -0.2) is 4.79 Å². The number of carbonyl (C=O) groups is 1. The quantitative estimate of drug-likeness (QED) is 0.873. The average Bonchev–Trinajstić information content (AvgIpc) is 2.15. The molecule has 1 aromatic carbocycles. The van der Waals surface area contributed by atoms with Crippen LogP contribution in [-0.4, -0.2) is 24.8 Å². The highest BCUT2D eigenvalue weighted by Crippen LogP contribution is 2.22. The lowest BCUT2D eigenvalue weighted by Crippen LogP contribution is -2.36. The van der Waals surface area contributed by atoms with Gasteiger partial charge < -0.3 is 9.64 Å². The molecule has 1 fully saturated rings. The van der Waals surface area contributed by atoms with Gasteiger partial charge in [0.1, 0.15) is 5.60 Å². The fourth-order valence-electron chi connectivity index (χ4n) is 1.75. The molecule has 1 aliphatic heterocycles. The fraction of sp³-hybridized carbons (Fsp3) is 0.500. The number of benzene rings is 1. The van der Waals surface area contributed by atoms with Gasteiger partial charge in [-0.05, 0) is 51.5 Å². The van der Waals surface area contributed by atoms with E-state index in [-0.39, 0.29) is 0 Å². The van der Waals surface area contributed by atoms with E-state index in [1.165, 1.54) is 12.1 Å². The van der Waals surface area contributed by atoms with Crippen molar-refractivity contribution >= 4 is 17.5 Å². The molecule has 0 bridgehead atoms. The molecule has 0 aromatic heterocycles. The number of amides is 1. The number of carbonyl (C=O) groups excluding carboxylic acids is 1. The topological polar surface area (TPSA) is 41.6 Å². The predicted molar refractivity (Wildman–Crippen MR) is 73.1 cm³/mol. The van der Waals surface area contributed by atoms with Gasteiger partial charge in [0.15, 0.2) is 0 Å². The zero-order valence-electron chi connectivity index (χ0n) is 11.2. The minimum atomic E-state index is -0.471. The Morgan fingerprint density at radius 1 is 1.22 bits per heavy atom. The number of nitrogens with zero attached hydrogens (tertiary/aromatic N) is 1. The van der Waals surface area contributed by atoms with Crippen molar-refractivity contribution < 1.29 is 9.53 Å². The van der Waals surface area contributed by atoms with E-state index in [1.807, 2.05) is 45.0 Å². The van der Waals surface area contributed by atoms with Crippen LogP contribution in [0.4, 0.5) is 16.2 Å². The Kier molecular flexibility index (Phi) is 3.45. The predicted octanol–water partition coefficient (Wildman–Crippen LogP) is 3.24. The van der Waals surface area contributed by atoms with Gasteiger partial charge in [0.2, 0.25) is 0 Å². The zero-order valence-corrected chi connectivity index (χ0v) is 11.2. The van der Waals surface area contributed by atoms with Crippen LogP contribution in [0.3, 0.4) is 0 Å². The first-order valence-corrected chi connectivity index (χ1v) is 6.29. The van der Waals surface area contributed by atoms with Crippen molar-refractivity contribution in [3.05, 3.63) is 24.3 Å². The van der Waals surface area contributed by atoms with Gasteiger partial charge in [-0.2, -0.15) is 0 Å². The Bertz CT molecular complexity index is 416. The first-order valence-electron chi connectivity index (χ1n) is 6.29. The lowest BCUT2D eigenvalue weighted by Gasteiger charge is -2.33. The number of ether oxygens (including phenoxy) is 1. The van der Waals surface area contributed by atoms with Crippen LogP contribution in [0, 0.1) is 0 Å². The number of nitrogens with one attached hydrogen (secondary N) is 1. The minimum absolute atomic E-state index is 0.417. The lowest BCUT2D eigenvalue weighted by molar-refractivity contribution is 0.0636. The second-order valence-corrected chi connectivity index (χ2v) is 5.51. The van der Waals surface area contributed by atoms with E-state index in [1.54, 1.807) is 0 Å². The standard InChI is InChI=1S/C14H20N2O2/c1-14(2,3)18-13(17)15-11-5-7-12(8-6-11)16-9-4-10-16/h5-8H,4,9-10H2,1-3H3,(H,15,17). The van der Waals surface area contributed by atoms with Crippen molar-refractivity contribution in [3.63, 3.8) is 0 Å². The highest BCUT2D eigenvalue weighted by Gasteiger charge is 2.17. The molecule has 1 heterocycles. The molecule has 1 saturated heterocycles. The van der Waals surface area contributed by atoms with Crippen LogP contribution in [0.2, 0.25) is 0 Å². The number of rotatable bonds is 2. The van der Waals surface area contributed by atoms with Crippen LogP contribution in [0.5, 0.6) is 0 Å². The molecule has 0 saturated carbocycles. The summed E-state index contributed by atoms with van der Waals surface area (Å²) in [5.41, 5.74) is 1.49. The third-order valence-corrected chi connectivity index (χ3v) is 2.73. The van der Waals surface area contributed by atoms with Crippen molar-refractivity contribution in [2.24, 2.45) is 0 Å². The third-order valence-electron chi connectivity index (χ3n) is 2.73. The SMILES string of the molecule is CC(C)(C)OC(=O)Nc1ccc(N2CCC2)cc1. The minimum Gasteiger partial charge on any atom is -0.444 e. The van der Waals surface area contributed by atoms with Gasteiger partial charge in [-0.1, -0.05) is 0 Å². The van der Waals surface area contributed by atoms with Gasteiger partial charge in [0.25, 0.3) is 0 Å². The molecule has 0 unspecified atom stereocenters. The average molecular weight is 248 g/mol. The summed E-state index contributed by atoms with van der Waals surface area (Å²) in [6, 6.07) is 7.84. The van der Waals surface area contributed by atoms with Crippen LogP contribution >= 0.6 is 0 Å². The van der Waals surface area contributed by atoms with E-state index >= 15 is 0 Å². The van der Waals surface area contributed by atoms with E-state index in [9.17, 15) is 4.79 Å². The largest absolute Gasteiger partial charge is 0.444 e. The number of hydrogen-bond acceptors (Lipinski definition) is 3. The van der Waals surface area contributed by atoms with E-state index in [4.69, 9.17) is 4.74 Å². The monoisotopic (exact) mass is 248 g/mol. The van der Waals surface area contributed by atoms with Crippen molar-refractivity contribution in [3.8, 4) is 0 Å². The van der Waals surface area contributed by atoms with Crippen LogP contribution in [0.25, 0.3) is 0 Å². The second-order valence-electron chi connectivity index (χ2n) is 5.51. The summed E-state index contributed by atoms with van der Waals surface area (Å²) in [4.78, 5) is 13.9. The smallest absolute Gasteiger partial charge is 0.412 e. The Balaban J connectivity index is 1.91. The molecular weight excluding hydrogens is 228 g/mol. The van der Waals surface area contributed by atoms with Crippen molar-refractivity contribution in [2.45, 2.75) is 32.8 Å². The van der Waals surface area contributed by atoms with Gasteiger partial charge >= 0.3 is 6.09 Å². The molecular formula is C14H20N2O2. The highest BCUT2D eigenvalue weighted by molar-refractivity contribution is 5.85. The first-order chi connectivity index (χ1) is 8.44. The summed E-state index contributed by atoms with van der Waals surface area (Å²) in [7, 11) is 0. The summed E-state index contributed by atoms with van der Waals surface area (Å²) in [5.74, 6) is 0. The first kappa shape index (κ1) is 12.7. The summed E-state index contributed by atoms with van der Waals surface area (Å²) in [6.45, 7) is 7.79. The van der Waals surface area contributed by atoms with Gasteiger partial charge in [-0.15, -0.1) is 0 Å². The molecule has 2 rings (SSSR count). The number of anilines is 2. The summed E-state index contributed by atoms with van der Waals surface area (Å²) in [5, 5.41) is 2.72. The number of hydrogen-bond donors (Lipinski definition) is 1.